The van der Waals surface area contributed by atoms with Gasteiger partial charge >= 0.3 is 0 Å². The van der Waals surface area contributed by atoms with Gasteiger partial charge in [-0.25, -0.2) is 9.97 Å². The van der Waals surface area contributed by atoms with E-state index in [0.717, 1.165) is 28.4 Å². The number of para-hydroxylation sites is 1. The normalized spacial score (nSPS) is 10.5. The average molecular weight is 218 g/mol. The molecule has 2 rings (SSSR count). The number of benzene rings is 1. The molecule has 0 aliphatic rings. The third kappa shape index (κ3) is 2.15. The van der Waals surface area contributed by atoms with Crippen molar-refractivity contribution in [3.8, 4) is 0 Å². The lowest BCUT2D eigenvalue weighted by Crippen LogP contribution is -1.94. The number of hydrogen-bond acceptors (Lipinski definition) is 4. The Kier molecular flexibility index (Phi) is 2.68. The monoisotopic (exact) mass is 218 g/mol. The summed E-state index contributed by atoms with van der Waals surface area (Å²) in [6.45, 7) is 3.44. The van der Waals surface area contributed by atoms with Crippen molar-refractivity contribution in [3.63, 3.8) is 0 Å². The van der Waals surface area contributed by atoms with E-state index in [0.29, 0.717) is 5.16 Å². The van der Waals surface area contributed by atoms with Crippen LogP contribution in [0.5, 0.6) is 0 Å². The Balaban J connectivity index is 2.57. The predicted molar refractivity (Wildman–Crippen MR) is 60.8 cm³/mol. The molecule has 3 nitrogen and oxygen atoms in total. The van der Waals surface area contributed by atoms with Crippen LogP contribution >= 0.6 is 11.8 Å². The highest BCUT2D eigenvalue weighted by molar-refractivity contribution is 8.13. The zero-order valence-electron chi connectivity index (χ0n) is 8.52. The van der Waals surface area contributed by atoms with Crippen LogP contribution in [0.4, 0.5) is 0 Å². The zero-order chi connectivity index (χ0) is 10.8. The lowest BCUT2D eigenvalue weighted by molar-refractivity contribution is -0.109. The Bertz CT molecular complexity index is 525. The Hall–Kier alpha value is -1.42. The van der Waals surface area contributed by atoms with E-state index in [2.05, 4.69) is 9.97 Å². The molecule has 2 aromatic rings. The number of thioether (sulfide) groups is 1. The van der Waals surface area contributed by atoms with Gasteiger partial charge in [-0.3, -0.25) is 4.79 Å². The van der Waals surface area contributed by atoms with Gasteiger partial charge in [0.1, 0.15) is 0 Å². The number of carbonyl (C=O) groups is 1. The van der Waals surface area contributed by atoms with Crippen molar-refractivity contribution in [1.29, 1.82) is 0 Å². The van der Waals surface area contributed by atoms with Crippen LogP contribution in [0.1, 0.15) is 12.6 Å². The standard InChI is InChI=1S/C11H10N2OS/c1-7-9-5-3-4-6-10(9)13-11(12-7)15-8(2)14/h3-6H,1-2H3. The third-order valence-electron chi connectivity index (χ3n) is 2.01. The molecule has 0 atom stereocenters. The minimum Gasteiger partial charge on any atom is -0.287 e. The van der Waals surface area contributed by atoms with Gasteiger partial charge in [0.05, 0.1) is 5.52 Å². The van der Waals surface area contributed by atoms with E-state index < -0.39 is 0 Å². The van der Waals surface area contributed by atoms with Crippen LogP contribution < -0.4 is 0 Å². The largest absolute Gasteiger partial charge is 0.287 e. The summed E-state index contributed by atoms with van der Waals surface area (Å²) >= 11 is 1.07. The van der Waals surface area contributed by atoms with Crippen molar-refractivity contribution in [3.05, 3.63) is 30.0 Å². The van der Waals surface area contributed by atoms with Crippen LogP contribution in [-0.4, -0.2) is 15.1 Å². The van der Waals surface area contributed by atoms with Gasteiger partial charge in [-0.05, 0) is 24.8 Å². The number of aryl methyl sites for hydroxylation is 1. The molecule has 0 spiro atoms. The maximum Gasteiger partial charge on any atom is 0.196 e. The van der Waals surface area contributed by atoms with Gasteiger partial charge in [0.2, 0.25) is 0 Å². The number of hydrogen-bond donors (Lipinski definition) is 0. The first-order chi connectivity index (χ1) is 7.16. The maximum absolute atomic E-state index is 10.9. The van der Waals surface area contributed by atoms with Crippen molar-refractivity contribution >= 4 is 27.8 Å². The van der Waals surface area contributed by atoms with E-state index in [1.807, 2.05) is 31.2 Å². The summed E-state index contributed by atoms with van der Waals surface area (Å²) < 4.78 is 0. The fourth-order valence-electron chi connectivity index (χ4n) is 1.38. The summed E-state index contributed by atoms with van der Waals surface area (Å²) in [7, 11) is 0. The SMILES string of the molecule is CC(=O)Sc1nc(C)c2ccccc2n1. The molecule has 0 saturated heterocycles. The van der Waals surface area contributed by atoms with Crippen LogP contribution in [-0.2, 0) is 4.79 Å². The van der Waals surface area contributed by atoms with Crippen molar-refractivity contribution < 1.29 is 4.79 Å². The average Bonchev–Trinajstić information content (AvgIpc) is 2.16. The molecule has 1 heterocycles. The lowest BCUT2D eigenvalue weighted by atomic mass is 10.2. The highest BCUT2D eigenvalue weighted by Gasteiger charge is 2.06. The van der Waals surface area contributed by atoms with Gasteiger partial charge < -0.3 is 0 Å². The molecule has 76 valence electrons. The fourth-order valence-corrected chi connectivity index (χ4v) is 1.97. The number of carbonyl (C=O) groups excluding carboxylic acids is 1. The number of rotatable bonds is 1. The van der Waals surface area contributed by atoms with E-state index >= 15 is 0 Å². The molecule has 0 aliphatic heterocycles. The molecule has 0 fully saturated rings. The zero-order valence-corrected chi connectivity index (χ0v) is 9.34. The number of nitrogens with zero attached hydrogens (tertiary/aromatic N) is 2. The number of aromatic nitrogens is 2. The second kappa shape index (κ2) is 3.98. The Labute approximate surface area is 91.9 Å². The van der Waals surface area contributed by atoms with Gasteiger partial charge in [-0.1, -0.05) is 18.2 Å². The third-order valence-corrected chi connectivity index (χ3v) is 2.66. The Morgan fingerprint density at radius 2 is 2.00 bits per heavy atom. The fraction of sp³-hybridized carbons (Fsp3) is 0.182. The van der Waals surface area contributed by atoms with E-state index in [-0.39, 0.29) is 5.12 Å². The van der Waals surface area contributed by atoms with Crippen molar-refractivity contribution in [2.75, 3.05) is 0 Å². The van der Waals surface area contributed by atoms with E-state index in [4.69, 9.17) is 0 Å². The first kappa shape index (κ1) is 10.1. The van der Waals surface area contributed by atoms with Gasteiger partial charge in [0, 0.05) is 18.0 Å². The minimum atomic E-state index is 0.00433. The van der Waals surface area contributed by atoms with Crippen LogP contribution in [0.25, 0.3) is 10.9 Å². The molecule has 15 heavy (non-hydrogen) atoms. The first-order valence-electron chi connectivity index (χ1n) is 4.58. The van der Waals surface area contributed by atoms with Gasteiger partial charge in [-0.2, -0.15) is 0 Å². The summed E-state index contributed by atoms with van der Waals surface area (Å²) in [5.41, 5.74) is 1.79. The topological polar surface area (TPSA) is 42.9 Å². The van der Waals surface area contributed by atoms with Crippen LogP contribution in [0.3, 0.4) is 0 Å². The summed E-state index contributed by atoms with van der Waals surface area (Å²) in [4.78, 5) is 19.5. The molecular formula is C11H10N2OS. The molecular weight excluding hydrogens is 208 g/mol. The first-order valence-corrected chi connectivity index (χ1v) is 5.40. The second-order valence-corrected chi connectivity index (χ2v) is 4.35. The van der Waals surface area contributed by atoms with Crippen molar-refractivity contribution in [2.45, 2.75) is 19.0 Å². The van der Waals surface area contributed by atoms with Crippen molar-refractivity contribution in [2.24, 2.45) is 0 Å². The molecule has 1 aromatic heterocycles. The predicted octanol–water partition coefficient (Wildman–Crippen LogP) is 2.58. The minimum absolute atomic E-state index is 0.00433. The highest BCUT2D eigenvalue weighted by atomic mass is 32.2. The Morgan fingerprint density at radius 1 is 1.27 bits per heavy atom. The molecule has 0 bridgehead atoms. The number of fused-ring (bicyclic) bond motifs is 1. The molecule has 0 amide bonds. The van der Waals surface area contributed by atoms with E-state index in [9.17, 15) is 4.79 Å². The summed E-state index contributed by atoms with van der Waals surface area (Å²) in [6.07, 6.45) is 0. The molecule has 0 N–H and O–H groups in total. The smallest absolute Gasteiger partial charge is 0.196 e. The Morgan fingerprint density at radius 3 is 2.73 bits per heavy atom. The maximum atomic E-state index is 10.9. The van der Waals surface area contributed by atoms with Gasteiger partial charge in [0.15, 0.2) is 10.3 Å². The molecule has 0 unspecified atom stereocenters. The van der Waals surface area contributed by atoms with Crippen molar-refractivity contribution in [1.82, 2.24) is 9.97 Å². The van der Waals surface area contributed by atoms with Gasteiger partial charge in [0.25, 0.3) is 0 Å². The molecule has 0 radical (unpaired) electrons. The summed E-state index contributed by atoms with van der Waals surface area (Å²) in [6, 6.07) is 7.79. The van der Waals surface area contributed by atoms with Crippen LogP contribution in [0.2, 0.25) is 0 Å². The quantitative estimate of drug-likeness (QED) is 0.545. The van der Waals surface area contributed by atoms with E-state index in [1.165, 1.54) is 6.92 Å². The van der Waals surface area contributed by atoms with Crippen LogP contribution in [0, 0.1) is 6.92 Å². The molecule has 0 saturated carbocycles. The van der Waals surface area contributed by atoms with Gasteiger partial charge in [-0.15, -0.1) is 0 Å². The highest BCUT2D eigenvalue weighted by Crippen LogP contribution is 2.20. The lowest BCUT2D eigenvalue weighted by Gasteiger charge is -2.02. The molecule has 0 aliphatic carbocycles. The molecule has 4 heteroatoms. The second-order valence-electron chi connectivity index (χ2n) is 3.20. The van der Waals surface area contributed by atoms with E-state index in [1.54, 1.807) is 0 Å². The molecule has 1 aromatic carbocycles. The summed E-state index contributed by atoms with van der Waals surface area (Å²) in [5, 5.41) is 1.56. The van der Waals surface area contributed by atoms with Crippen LogP contribution in [0.15, 0.2) is 29.4 Å². The summed E-state index contributed by atoms with van der Waals surface area (Å²) in [5.74, 6) is 0.